The van der Waals surface area contributed by atoms with Crippen LogP contribution in [0.15, 0.2) is 24.4 Å². The van der Waals surface area contributed by atoms with E-state index >= 15 is 0 Å². The molecule has 1 saturated heterocycles. The van der Waals surface area contributed by atoms with Crippen molar-refractivity contribution in [3.63, 3.8) is 0 Å². The molecule has 0 aromatic carbocycles. The standard InChI is InChI=1S/C14H23N3O.2C2H6/c1-16-7-9-17(10-8-16)11-13-18-12-5-14-4-2-3-6-15-14;2*1-2/h2-4,6H,5,7-13H2,1H3;2*1-2H3. The Morgan fingerprint density at radius 2 is 1.68 bits per heavy atom. The molecule has 128 valence electrons. The molecule has 1 aromatic heterocycles. The van der Waals surface area contributed by atoms with Crippen LogP contribution < -0.4 is 0 Å². The maximum atomic E-state index is 5.67. The van der Waals surface area contributed by atoms with E-state index in [1.54, 1.807) is 0 Å². The average Bonchev–Trinajstić information content (AvgIpc) is 2.61. The van der Waals surface area contributed by atoms with Gasteiger partial charge >= 0.3 is 0 Å². The molecule has 1 fully saturated rings. The first-order chi connectivity index (χ1) is 10.8. The van der Waals surface area contributed by atoms with Crippen molar-refractivity contribution in [2.45, 2.75) is 34.1 Å². The molecule has 0 N–H and O–H groups in total. The minimum atomic E-state index is 0.769. The Morgan fingerprint density at radius 1 is 1.00 bits per heavy atom. The highest BCUT2D eigenvalue weighted by Crippen LogP contribution is 1.99. The fraction of sp³-hybridized carbons (Fsp3) is 0.722. The Hall–Kier alpha value is -0.970. The van der Waals surface area contributed by atoms with Crippen molar-refractivity contribution in [3.8, 4) is 0 Å². The van der Waals surface area contributed by atoms with Gasteiger partial charge in [0.1, 0.15) is 0 Å². The number of nitrogens with zero attached hydrogens (tertiary/aromatic N) is 3. The second-order valence-electron chi connectivity index (χ2n) is 4.83. The van der Waals surface area contributed by atoms with Gasteiger partial charge in [0.25, 0.3) is 0 Å². The highest BCUT2D eigenvalue weighted by molar-refractivity contribution is 5.03. The third-order valence-corrected chi connectivity index (χ3v) is 3.38. The Morgan fingerprint density at radius 3 is 2.27 bits per heavy atom. The molecule has 0 amide bonds. The second kappa shape index (κ2) is 14.9. The molecule has 2 heterocycles. The maximum Gasteiger partial charge on any atom is 0.0593 e. The van der Waals surface area contributed by atoms with Crippen LogP contribution in [-0.2, 0) is 11.2 Å². The highest BCUT2D eigenvalue weighted by atomic mass is 16.5. The van der Waals surface area contributed by atoms with E-state index in [4.69, 9.17) is 4.74 Å². The molecule has 22 heavy (non-hydrogen) atoms. The molecular formula is C18H35N3O. The van der Waals surface area contributed by atoms with Gasteiger partial charge in [0.15, 0.2) is 0 Å². The van der Waals surface area contributed by atoms with Gasteiger partial charge in [-0.15, -0.1) is 0 Å². The average molecular weight is 309 g/mol. The predicted molar refractivity (Wildman–Crippen MR) is 95.4 cm³/mol. The van der Waals surface area contributed by atoms with E-state index in [0.29, 0.717) is 0 Å². The van der Waals surface area contributed by atoms with Crippen molar-refractivity contribution in [3.05, 3.63) is 30.1 Å². The molecule has 1 aromatic rings. The lowest BCUT2D eigenvalue weighted by atomic mass is 10.3. The second-order valence-corrected chi connectivity index (χ2v) is 4.83. The molecule has 1 aliphatic rings. The number of hydrogen-bond donors (Lipinski definition) is 0. The lowest BCUT2D eigenvalue weighted by Gasteiger charge is -2.32. The quantitative estimate of drug-likeness (QED) is 0.756. The third-order valence-electron chi connectivity index (χ3n) is 3.38. The number of rotatable bonds is 6. The number of piperazine rings is 1. The fourth-order valence-corrected chi connectivity index (χ4v) is 2.09. The summed E-state index contributed by atoms with van der Waals surface area (Å²) in [5.41, 5.74) is 1.11. The lowest BCUT2D eigenvalue weighted by molar-refractivity contribution is 0.0831. The molecule has 0 spiro atoms. The summed E-state index contributed by atoms with van der Waals surface area (Å²) in [7, 11) is 2.18. The van der Waals surface area contributed by atoms with Crippen molar-refractivity contribution in [1.82, 2.24) is 14.8 Å². The van der Waals surface area contributed by atoms with Gasteiger partial charge in [0, 0.05) is 51.0 Å². The number of likely N-dealkylation sites (N-methyl/N-ethyl adjacent to an activating group) is 1. The minimum absolute atomic E-state index is 0.769. The molecule has 0 saturated carbocycles. The lowest BCUT2D eigenvalue weighted by Crippen LogP contribution is -2.45. The summed E-state index contributed by atoms with van der Waals surface area (Å²) in [6.07, 6.45) is 2.74. The van der Waals surface area contributed by atoms with Gasteiger partial charge in [0.05, 0.1) is 13.2 Å². The van der Waals surface area contributed by atoms with E-state index in [1.165, 1.54) is 26.2 Å². The molecule has 0 aliphatic carbocycles. The largest absolute Gasteiger partial charge is 0.380 e. The van der Waals surface area contributed by atoms with Crippen molar-refractivity contribution in [2.75, 3.05) is 53.0 Å². The first-order valence-corrected chi connectivity index (χ1v) is 8.73. The number of pyridine rings is 1. The molecular weight excluding hydrogens is 274 g/mol. The summed E-state index contributed by atoms with van der Waals surface area (Å²) in [6, 6.07) is 6.01. The Bertz CT molecular complexity index is 324. The van der Waals surface area contributed by atoms with E-state index in [9.17, 15) is 0 Å². The van der Waals surface area contributed by atoms with Gasteiger partial charge < -0.3 is 9.64 Å². The van der Waals surface area contributed by atoms with Crippen LogP contribution in [0, 0.1) is 0 Å². The van der Waals surface area contributed by atoms with Crippen LogP contribution in [-0.4, -0.2) is 67.8 Å². The third kappa shape index (κ3) is 9.87. The van der Waals surface area contributed by atoms with Gasteiger partial charge in [0.2, 0.25) is 0 Å². The van der Waals surface area contributed by atoms with E-state index in [1.807, 2.05) is 52.1 Å². The van der Waals surface area contributed by atoms with E-state index in [-0.39, 0.29) is 0 Å². The SMILES string of the molecule is CC.CC.CN1CCN(CCOCCc2ccccn2)CC1. The van der Waals surface area contributed by atoms with Crippen molar-refractivity contribution in [1.29, 1.82) is 0 Å². The zero-order chi connectivity index (χ0) is 16.6. The fourth-order valence-electron chi connectivity index (χ4n) is 2.09. The van der Waals surface area contributed by atoms with Gasteiger partial charge in [-0.3, -0.25) is 9.88 Å². The van der Waals surface area contributed by atoms with Gasteiger partial charge in [-0.25, -0.2) is 0 Å². The topological polar surface area (TPSA) is 28.6 Å². The molecule has 2 rings (SSSR count). The van der Waals surface area contributed by atoms with Crippen LogP contribution in [0.25, 0.3) is 0 Å². The van der Waals surface area contributed by atoms with E-state index in [2.05, 4.69) is 21.8 Å². The summed E-state index contributed by atoms with van der Waals surface area (Å²) >= 11 is 0. The highest BCUT2D eigenvalue weighted by Gasteiger charge is 2.12. The number of hydrogen-bond acceptors (Lipinski definition) is 4. The molecule has 4 heteroatoms. The van der Waals surface area contributed by atoms with Crippen LogP contribution in [0.1, 0.15) is 33.4 Å². The normalized spacial score (nSPS) is 15.3. The summed E-state index contributed by atoms with van der Waals surface area (Å²) in [6.45, 7) is 15.3. The van der Waals surface area contributed by atoms with Gasteiger partial charge in [-0.2, -0.15) is 0 Å². The van der Waals surface area contributed by atoms with Crippen LogP contribution in [0.4, 0.5) is 0 Å². The van der Waals surface area contributed by atoms with Crippen LogP contribution >= 0.6 is 0 Å². The summed E-state index contributed by atoms with van der Waals surface area (Å²) < 4.78 is 5.67. The summed E-state index contributed by atoms with van der Waals surface area (Å²) in [5.74, 6) is 0. The minimum Gasteiger partial charge on any atom is -0.380 e. The molecule has 0 radical (unpaired) electrons. The Balaban J connectivity index is 0.00000102. The van der Waals surface area contributed by atoms with E-state index < -0.39 is 0 Å². The van der Waals surface area contributed by atoms with Gasteiger partial charge in [-0.1, -0.05) is 33.8 Å². The number of aromatic nitrogens is 1. The van der Waals surface area contributed by atoms with Crippen LogP contribution in [0.2, 0.25) is 0 Å². The predicted octanol–water partition coefficient (Wildman–Crippen LogP) is 2.94. The molecule has 0 bridgehead atoms. The first-order valence-electron chi connectivity index (χ1n) is 8.73. The zero-order valence-corrected chi connectivity index (χ0v) is 15.2. The molecule has 0 atom stereocenters. The first kappa shape index (κ1) is 21.0. The van der Waals surface area contributed by atoms with E-state index in [0.717, 1.165) is 31.9 Å². The Kier molecular flexibility index (Phi) is 14.3. The van der Waals surface area contributed by atoms with Gasteiger partial charge in [-0.05, 0) is 19.2 Å². The zero-order valence-electron chi connectivity index (χ0n) is 15.2. The molecule has 0 unspecified atom stereocenters. The smallest absolute Gasteiger partial charge is 0.0593 e. The maximum absolute atomic E-state index is 5.67. The van der Waals surface area contributed by atoms with Crippen LogP contribution in [0.5, 0.6) is 0 Å². The van der Waals surface area contributed by atoms with Crippen molar-refractivity contribution in [2.24, 2.45) is 0 Å². The monoisotopic (exact) mass is 309 g/mol. The summed E-state index contributed by atoms with van der Waals surface area (Å²) in [5, 5.41) is 0. The van der Waals surface area contributed by atoms with Crippen LogP contribution in [0.3, 0.4) is 0 Å². The molecule has 4 nitrogen and oxygen atoms in total. The van der Waals surface area contributed by atoms with Crippen molar-refractivity contribution >= 4 is 0 Å². The Labute approximate surface area is 137 Å². The van der Waals surface area contributed by atoms with Crippen molar-refractivity contribution < 1.29 is 4.74 Å². The summed E-state index contributed by atoms with van der Waals surface area (Å²) in [4.78, 5) is 9.13. The number of ether oxygens (including phenoxy) is 1. The molecule has 1 aliphatic heterocycles.